The summed E-state index contributed by atoms with van der Waals surface area (Å²) >= 11 is 0. The number of piperidine rings is 2. The molecule has 2 bridgehead atoms. The Morgan fingerprint density at radius 2 is 1.83 bits per heavy atom. The van der Waals surface area contributed by atoms with Gasteiger partial charge in [-0.2, -0.15) is 15.1 Å². The lowest BCUT2D eigenvalue weighted by atomic mass is 9.86. The molecule has 3 unspecified atom stereocenters. The maximum Gasteiger partial charge on any atom is 0.320 e. The van der Waals surface area contributed by atoms with Crippen LogP contribution in [0.1, 0.15) is 55.6 Å². The maximum absolute atomic E-state index is 5.63. The van der Waals surface area contributed by atoms with E-state index in [0.29, 0.717) is 24.0 Å². The molecule has 3 saturated heterocycles. The van der Waals surface area contributed by atoms with Crippen molar-refractivity contribution in [3.8, 4) is 11.8 Å². The van der Waals surface area contributed by atoms with Gasteiger partial charge in [0, 0.05) is 36.7 Å². The number of fused-ring (bicyclic) bond motifs is 3. The Morgan fingerprint density at radius 3 is 2.56 bits per heavy atom. The van der Waals surface area contributed by atoms with Gasteiger partial charge in [0.15, 0.2) is 5.82 Å². The third-order valence-electron chi connectivity index (χ3n) is 9.13. The first-order valence-corrected chi connectivity index (χ1v) is 13.7. The van der Waals surface area contributed by atoms with Crippen LogP contribution in [0.25, 0.3) is 16.7 Å². The van der Waals surface area contributed by atoms with Gasteiger partial charge in [0.1, 0.15) is 5.82 Å². The predicted octanol–water partition coefficient (Wildman–Crippen LogP) is 4.09. The molecule has 7 rings (SSSR count). The van der Waals surface area contributed by atoms with Gasteiger partial charge in [0.05, 0.1) is 25.4 Å². The van der Waals surface area contributed by atoms with Crippen molar-refractivity contribution in [3.63, 3.8) is 0 Å². The fraction of sp³-hybridized carbons (Fsp3) is 0.607. The Kier molecular flexibility index (Phi) is 5.62. The van der Waals surface area contributed by atoms with Crippen LogP contribution in [0.15, 0.2) is 24.4 Å². The molecule has 0 radical (unpaired) electrons. The lowest BCUT2D eigenvalue weighted by molar-refractivity contribution is 0.122. The maximum atomic E-state index is 5.63. The van der Waals surface area contributed by atoms with Crippen LogP contribution in [0, 0.1) is 12.8 Å². The number of anilines is 1. The Balaban J connectivity index is 1.20. The molecule has 0 N–H and O–H groups in total. The van der Waals surface area contributed by atoms with E-state index in [1.165, 1.54) is 49.7 Å². The summed E-state index contributed by atoms with van der Waals surface area (Å²) in [4.78, 5) is 14.5. The van der Waals surface area contributed by atoms with Gasteiger partial charge in [0.25, 0.3) is 0 Å². The lowest BCUT2D eigenvalue weighted by Gasteiger charge is -2.36. The van der Waals surface area contributed by atoms with E-state index < -0.39 is 0 Å². The van der Waals surface area contributed by atoms with E-state index in [-0.39, 0.29) is 0 Å². The molecule has 4 aliphatic rings. The van der Waals surface area contributed by atoms with Gasteiger partial charge in [-0.25, -0.2) is 4.68 Å². The molecule has 3 aliphatic heterocycles. The lowest BCUT2D eigenvalue weighted by Crippen LogP contribution is -2.41. The molecular formula is C28H36N6O2. The number of nitrogens with zero attached hydrogens (tertiary/aromatic N) is 6. The van der Waals surface area contributed by atoms with Crippen LogP contribution < -0.4 is 9.64 Å². The van der Waals surface area contributed by atoms with Crippen LogP contribution >= 0.6 is 0 Å². The zero-order valence-corrected chi connectivity index (χ0v) is 21.4. The number of hydrogen-bond acceptors (Lipinski definition) is 7. The minimum absolute atomic E-state index is 0.407. The molecule has 0 spiro atoms. The van der Waals surface area contributed by atoms with E-state index >= 15 is 0 Å². The summed E-state index contributed by atoms with van der Waals surface area (Å²) in [6.07, 6.45) is 9.40. The minimum atomic E-state index is 0.407. The summed E-state index contributed by atoms with van der Waals surface area (Å²) in [6.45, 7) is 7.45. The normalized spacial score (nSPS) is 26.9. The number of rotatable bonds is 5. The summed E-state index contributed by atoms with van der Waals surface area (Å²) in [5.41, 5.74) is 3.92. The topological polar surface area (TPSA) is 68.5 Å². The van der Waals surface area contributed by atoms with E-state index in [0.717, 1.165) is 61.3 Å². The third kappa shape index (κ3) is 3.86. The highest BCUT2D eigenvalue weighted by Gasteiger charge is 2.39. The van der Waals surface area contributed by atoms with Gasteiger partial charge in [-0.3, -0.25) is 4.90 Å². The second-order valence-electron chi connectivity index (χ2n) is 11.2. The summed E-state index contributed by atoms with van der Waals surface area (Å²) in [5, 5.41) is 5.93. The van der Waals surface area contributed by atoms with Crippen molar-refractivity contribution in [1.29, 1.82) is 0 Å². The van der Waals surface area contributed by atoms with Crippen LogP contribution in [-0.4, -0.2) is 76.7 Å². The molecule has 190 valence electrons. The van der Waals surface area contributed by atoms with Crippen molar-refractivity contribution in [2.45, 2.75) is 63.5 Å². The van der Waals surface area contributed by atoms with Gasteiger partial charge >= 0.3 is 6.01 Å². The molecule has 1 aliphatic carbocycles. The number of ether oxygens (including phenoxy) is 2. The van der Waals surface area contributed by atoms with E-state index in [4.69, 9.17) is 24.5 Å². The van der Waals surface area contributed by atoms with Crippen molar-refractivity contribution < 1.29 is 9.47 Å². The molecule has 3 atom stereocenters. The molecule has 36 heavy (non-hydrogen) atoms. The summed E-state index contributed by atoms with van der Waals surface area (Å²) < 4.78 is 13.1. The van der Waals surface area contributed by atoms with Crippen LogP contribution in [0.2, 0.25) is 0 Å². The predicted molar refractivity (Wildman–Crippen MR) is 139 cm³/mol. The van der Waals surface area contributed by atoms with E-state index in [1.54, 1.807) is 7.11 Å². The van der Waals surface area contributed by atoms with Crippen LogP contribution in [0.5, 0.6) is 6.01 Å². The number of hydrogen-bond donors (Lipinski definition) is 0. The first-order chi connectivity index (χ1) is 17.7. The van der Waals surface area contributed by atoms with Crippen molar-refractivity contribution in [2.24, 2.45) is 5.92 Å². The number of likely N-dealkylation sites (tertiary alicyclic amines) is 1. The van der Waals surface area contributed by atoms with Gasteiger partial charge in [0.2, 0.25) is 0 Å². The fourth-order valence-electron chi connectivity index (χ4n) is 7.17. The average molecular weight is 489 g/mol. The second-order valence-corrected chi connectivity index (χ2v) is 11.2. The van der Waals surface area contributed by atoms with Crippen molar-refractivity contribution in [2.75, 3.05) is 44.9 Å². The van der Waals surface area contributed by atoms with Crippen molar-refractivity contribution in [3.05, 3.63) is 35.5 Å². The highest BCUT2D eigenvalue weighted by molar-refractivity contribution is 5.82. The minimum Gasteiger partial charge on any atom is -0.467 e. The quantitative estimate of drug-likeness (QED) is 0.536. The van der Waals surface area contributed by atoms with Crippen molar-refractivity contribution >= 4 is 16.7 Å². The molecule has 5 heterocycles. The molecule has 1 saturated carbocycles. The standard InChI is InChI=1S/C28H36N6O2/c1-18-11-21-15-29-34(25(21)13-24(18)20-5-8-32(9-6-20)23-7-10-36-17-23)27-14-26(30-28(31-27)35-2)33-16-19-3-4-22(33)12-19/h11,13-15,19-20,22-23H,3-10,12,16-17H2,1-2H3. The molecule has 4 fully saturated rings. The Morgan fingerprint density at radius 1 is 0.972 bits per heavy atom. The Hall–Kier alpha value is -2.71. The molecule has 0 amide bonds. The molecular weight excluding hydrogens is 452 g/mol. The largest absolute Gasteiger partial charge is 0.467 e. The van der Waals surface area contributed by atoms with Crippen LogP contribution in [-0.2, 0) is 4.74 Å². The van der Waals surface area contributed by atoms with Gasteiger partial charge in [-0.1, -0.05) is 0 Å². The number of benzene rings is 1. The zero-order valence-electron chi connectivity index (χ0n) is 21.4. The smallest absolute Gasteiger partial charge is 0.320 e. The number of aromatic nitrogens is 4. The number of methoxy groups -OCH3 is 1. The molecule has 1 aromatic carbocycles. The average Bonchev–Trinajstić information content (AvgIpc) is 3.73. The monoisotopic (exact) mass is 488 g/mol. The summed E-state index contributed by atoms with van der Waals surface area (Å²) in [5.74, 6) is 3.11. The fourth-order valence-corrected chi connectivity index (χ4v) is 7.17. The van der Waals surface area contributed by atoms with Crippen LogP contribution in [0.3, 0.4) is 0 Å². The summed E-state index contributed by atoms with van der Waals surface area (Å²) in [7, 11) is 1.64. The SMILES string of the molecule is COc1nc(N2CC3CCC2C3)cc(-n2ncc3cc(C)c(C4CCN(C5CCOC5)CC4)cc32)n1. The molecule has 8 nitrogen and oxygen atoms in total. The number of aryl methyl sites for hydroxylation is 1. The van der Waals surface area contributed by atoms with Gasteiger partial charge < -0.3 is 14.4 Å². The van der Waals surface area contributed by atoms with Crippen molar-refractivity contribution in [1.82, 2.24) is 24.6 Å². The first kappa shape index (κ1) is 22.5. The highest BCUT2D eigenvalue weighted by Crippen LogP contribution is 2.40. The Bertz CT molecular complexity index is 1260. The van der Waals surface area contributed by atoms with E-state index in [9.17, 15) is 0 Å². The second kappa shape index (κ2) is 8.99. The first-order valence-electron chi connectivity index (χ1n) is 13.7. The molecule has 3 aromatic rings. The van der Waals surface area contributed by atoms with E-state index in [2.05, 4.69) is 34.9 Å². The van der Waals surface area contributed by atoms with Gasteiger partial charge in [-0.05, 0) is 93.6 Å². The Labute approximate surface area is 212 Å². The zero-order chi connectivity index (χ0) is 24.2. The third-order valence-corrected chi connectivity index (χ3v) is 9.13. The van der Waals surface area contributed by atoms with E-state index in [1.807, 2.05) is 10.9 Å². The van der Waals surface area contributed by atoms with Crippen LogP contribution in [0.4, 0.5) is 5.82 Å². The highest BCUT2D eigenvalue weighted by atomic mass is 16.5. The van der Waals surface area contributed by atoms with Gasteiger partial charge in [-0.15, -0.1) is 0 Å². The molecule has 2 aromatic heterocycles. The summed E-state index contributed by atoms with van der Waals surface area (Å²) in [6, 6.07) is 8.37. The molecule has 8 heteroatoms.